The average molecular weight is 440 g/mol. The van der Waals surface area contributed by atoms with Crippen LogP contribution in [0.3, 0.4) is 0 Å². The zero-order valence-electron chi connectivity index (χ0n) is 18.5. The normalized spacial score (nSPS) is 15.1. The zero-order chi connectivity index (χ0) is 22.9. The summed E-state index contributed by atoms with van der Waals surface area (Å²) in [6.07, 6.45) is 3.23. The van der Waals surface area contributed by atoms with E-state index in [4.69, 9.17) is 0 Å². The van der Waals surface area contributed by atoms with Crippen molar-refractivity contribution >= 4 is 28.3 Å². The number of carbonyl (C=O) groups is 1. The highest BCUT2D eigenvalue weighted by Crippen LogP contribution is 2.31. The maximum Gasteiger partial charge on any atom is 0.319 e. The summed E-state index contributed by atoms with van der Waals surface area (Å²) in [5, 5.41) is 7.96. The Kier molecular flexibility index (Phi) is 5.95. The van der Waals surface area contributed by atoms with Crippen LogP contribution in [0.4, 0.5) is 25.1 Å². The van der Waals surface area contributed by atoms with Gasteiger partial charge in [0.2, 0.25) is 0 Å². The standard InChI is InChI=1S/C24H27F2N5O/c1-15-18-5-4-6-21(19(18)9-12-27-15)30-23(32)29-17-10-13-31(14-11-17)22-8-7-20(16(2)28-22)24(3,25)26/h4-9,12,17H,10-11,13-14H2,1-3H3,(H2,29,30,32). The van der Waals surface area contributed by atoms with Gasteiger partial charge in [0, 0.05) is 60.0 Å². The number of rotatable bonds is 4. The predicted octanol–water partition coefficient (Wildman–Crippen LogP) is 5.15. The van der Waals surface area contributed by atoms with E-state index in [1.807, 2.05) is 31.2 Å². The SMILES string of the molecule is Cc1nc(N2CCC(NC(=O)Nc3cccc4c(C)nccc34)CC2)ccc1C(C)(F)F. The van der Waals surface area contributed by atoms with Gasteiger partial charge in [0.15, 0.2) is 0 Å². The molecule has 2 amide bonds. The number of anilines is 2. The van der Waals surface area contributed by atoms with Crippen molar-refractivity contribution in [1.29, 1.82) is 0 Å². The molecule has 0 aliphatic carbocycles. The van der Waals surface area contributed by atoms with Gasteiger partial charge in [-0.15, -0.1) is 0 Å². The number of aryl methyl sites for hydroxylation is 2. The third-order valence-electron chi connectivity index (χ3n) is 5.95. The van der Waals surface area contributed by atoms with Crippen molar-refractivity contribution in [1.82, 2.24) is 15.3 Å². The first-order chi connectivity index (χ1) is 15.2. The third-order valence-corrected chi connectivity index (χ3v) is 5.95. The molecule has 168 valence electrons. The van der Waals surface area contributed by atoms with Gasteiger partial charge in [-0.1, -0.05) is 12.1 Å². The lowest BCUT2D eigenvalue weighted by Crippen LogP contribution is -2.46. The Morgan fingerprint density at radius 1 is 1.06 bits per heavy atom. The number of nitrogens with zero attached hydrogens (tertiary/aromatic N) is 3. The topological polar surface area (TPSA) is 70.2 Å². The quantitative estimate of drug-likeness (QED) is 0.590. The second-order valence-electron chi connectivity index (χ2n) is 8.35. The molecule has 2 N–H and O–H groups in total. The van der Waals surface area contributed by atoms with E-state index in [0.717, 1.165) is 41.9 Å². The van der Waals surface area contributed by atoms with E-state index in [2.05, 4.69) is 25.5 Å². The molecule has 0 bridgehead atoms. The van der Waals surface area contributed by atoms with Crippen molar-refractivity contribution < 1.29 is 13.6 Å². The lowest BCUT2D eigenvalue weighted by Gasteiger charge is -2.33. The summed E-state index contributed by atoms with van der Waals surface area (Å²) < 4.78 is 27.2. The number of alkyl halides is 2. The maximum absolute atomic E-state index is 13.6. The van der Waals surface area contributed by atoms with E-state index >= 15 is 0 Å². The second-order valence-corrected chi connectivity index (χ2v) is 8.35. The first-order valence-corrected chi connectivity index (χ1v) is 10.7. The number of aromatic nitrogens is 2. The molecular weight excluding hydrogens is 412 g/mol. The van der Waals surface area contributed by atoms with Gasteiger partial charge in [0.1, 0.15) is 5.82 Å². The van der Waals surface area contributed by atoms with E-state index < -0.39 is 5.92 Å². The molecule has 0 unspecified atom stereocenters. The van der Waals surface area contributed by atoms with Gasteiger partial charge in [0.25, 0.3) is 5.92 Å². The van der Waals surface area contributed by atoms with Crippen molar-refractivity contribution in [3.63, 3.8) is 0 Å². The highest BCUT2D eigenvalue weighted by atomic mass is 19.3. The maximum atomic E-state index is 13.6. The summed E-state index contributed by atoms with van der Waals surface area (Å²) in [4.78, 5) is 23.4. The number of benzene rings is 1. The van der Waals surface area contributed by atoms with Crippen LogP contribution in [0.2, 0.25) is 0 Å². The molecule has 3 heterocycles. The molecule has 8 heteroatoms. The fraction of sp³-hybridized carbons (Fsp3) is 0.375. The number of fused-ring (bicyclic) bond motifs is 1. The molecule has 2 aromatic heterocycles. The first kappa shape index (κ1) is 21.9. The summed E-state index contributed by atoms with van der Waals surface area (Å²) in [6.45, 7) is 5.82. The van der Waals surface area contributed by atoms with Gasteiger partial charge < -0.3 is 15.5 Å². The number of amides is 2. The molecule has 1 aliphatic heterocycles. The highest BCUT2D eigenvalue weighted by molar-refractivity contribution is 6.02. The number of piperidine rings is 1. The van der Waals surface area contributed by atoms with Crippen LogP contribution >= 0.6 is 0 Å². The number of urea groups is 1. The van der Waals surface area contributed by atoms with E-state index in [9.17, 15) is 13.6 Å². The molecule has 1 saturated heterocycles. The molecule has 1 aliphatic rings. The Hall–Kier alpha value is -3.29. The van der Waals surface area contributed by atoms with Crippen LogP contribution in [0.5, 0.6) is 0 Å². The molecule has 32 heavy (non-hydrogen) atoms. The minimum atomic E-state index is -2.90. The number of hydrogen-bond donors (Lipinski definition) is 2. The number of carbonyl (C=O) groups excluding carboxylic acids is 1. The Labute approximate surface area is 186 Å². The van der Waals surface area contributed by atoms with Crippen molar-refractivity contribution in [2.75, 3.05) is 23.3 Å². The molecule has 6 nitrogen and oxygen atoms in total. The second kappa shape index (κ2) is 8.68. The van der Waals surface area contributed by atoms with Crippen LogP contribution in [-0.2, 0) is 5.92 Å². The van der Waals surface area contributed by atoms with E-state index in [1.165, 1.54) is 6.07 Å². The lowest BCUT2D eigenvalue weighted by molar-refractivity contribution is 0.0164. The summed E-state index contributed by atoms with van der Waals surface area (Å²) in [5.41, 5.74) is 1.96. The van der Waals surface area contributed by atoms with Gasteiger partial charge >= 0.3 is 6.03 Å². The Morgan fingerprint density at radius 2 is 1.81 bits per heavy atom. The molecule has 0 radical (unpaired) electrons. The zero-order valence-corrected chi connectivity index (χ0v) is 18.5. The fourth-order valence-electron chi connectivity index (χ4n) is 4.25. The Bertz CT molecular complexity index is 1140. The van der Waals surface area contributed by atoms with Crippen molar-refractivity contribution in [2.45, 2.75) is 45.6 Å². The summed E-state index contributed by atoms with van der Waals surface area (Å²) in [6, 6.07) is 10.6. The van der Waals surface area contributed by atoms with Crippen molar-refractivity contribution in [3.05, 3.63) is 59.5 Å². The lowest BCUT2D eigenvalue weighted by atomic mass is 10.0. The Morgan fingerprint density at radius 3 is 2.50 bits per heavy atom. The minimum Gasteiger partial charge on any atom is -0.356 e. The van der Waals surface area contributed by atoms with Crippen LogP contribution in [0.25, 0.3) is 10.8 Å². The number of halogens is 2. The van der Waals surface area contributed by atoms with E-state index in [-0.39, 0.29) is 17.6 Å². The fourth-order valence-corrected chi connectivity index (χ4v) is 4.25. The number of nitrogens with one attached hydrogen (secondary N) is 2. The summed E-state index contributed by atoms with van der Waals surface area (Å²) >= 11 is 0. The van der Waals surface area contributed by atoms with Gasteiger partial charge in [-0.3, -0.25) is 4.98 Å². The third kappa shape index (κ3) is 4.64. The summed E-state index contributed by atoms with van der Waals surface area (Å²) in [7, 11) is 0. The van der Waals surface area contributed by atoms with E-state index in [0.29, 0.717) is 24.6 Å². The van der Waals surface area contributed by atoms with Crippen molar-refractivity contribution in [3.8, 4) is 0 Å². The molecule has 0 saturated carbocycles. The van der Waals surface area contributed by atoms with Crippen LogP contribution in [0.1, 0.15) is 36.7 Å². The largest absolute Gasteiger partial charge is 0.356 e. The molecule has 1 fully saturated rings. The van der Waals surface area contributed by atoms with Gasteiger partial charge in [-0.2, -0.15) is 0 Å². The molecule has 1 aromatic carbocycles. The van der Waals surface area contributed by atoms with Gasteiger partial charge in [0.05, 0.1) is 5.69 Å². The summed E-state index contributed by atoms with van der Waals surface area (Å²) in [5.74, 6) is -2.21. The predicted molar refractivity (Wildman–Crippen MR) is 122 cm³/mol. The molecule has 4 rings (SSSR count). The smallest absolute Gasteiger partial charge is 0.319 e. The minimum absolute atomic E-state index is 0.0324. The molecule has 3 aromatic rings. The molecular formula is C24H27F2N5O. The molecule has 0 atom stereocenters. The van der Waals surface area contributed by atoms with Crippen LogP contribution in [0.15, 0.2) is 42.6 Å². The Balaban J connectivity index is 1.35. The highest BCUT2D eigenvalue weighted by Gasteiger charge is 2.28. The monoisotopic (exact) mass is 439 g/mol. The van der Waals surface area contributed by atoms with Crippen LogP contribution in [0, 0.1) is 13.8 Å². The van der Waals surface area contributed by atoms with Crippen LogP contribution < -0.4 is 15.5 Å². The molecule has 0 spiro atoms. The first-order valence-electron chi connectivity index (χ1n) is 10.7. The average Bonchev–Trinajstić information content (AvgIpc) is 2.74. The van der Waals surface area contributed by atoms with Crippen LogP contribution in [-0.4, -0.2) is 35.1 Å². The number of pyridine rings is 2. The van der Waals surface area contributed by atoms with Gasteiger partial charge in [-0.05, 0) is 51.0 Å². The van der Waals surface area contributed by atoms with Gasteiger partial charge in [-0.25, -0.2) is 18.6 Å². The van der Waals surface area contributed by atoms with Crippen molar-refractivity contribution in [2.24, 2.45) is 0 Å². The van der Waals surface area contributed by atoms with E-state index in [1.54, 1.807) is 19.2 Å². The number of hydrogen-bond acceptors (Lipinski definition) is 4.